The van der Waals surface area contributed by atoms with Crippen molar-refractivity contribution in [3.8, 4) is 11.4 Å². The number of aromatic nitrogens is 2. The predicted octanol–water partition coefficient (Wildman–Crippen LogP) is 1.66. The highest BCUT2D eigenvalue weighted by Crippen LogP contribution is 2.22. The molecule has 0 bridgehead atoms. The van der Waals surface area contributed by atoms with Crippen molar-refractivity contribution < 1.29 is 19.1 Å². The standard InChI is InChI=1S/C20H23N3O5/c1-3-28-20(26)14-9-11-22(12-10-14)19(25)18-16(27-2)13-17(24)23(21-18)15-7-5-4-6-8-15/h4-8,13-14H,3,9-12H2,1-2H3. The fraction of sp³-hybridized carbons (Fsp3) is 0.400. The van der Waals surface area contributed by atoms with Gasteiger partial charge in [0.2, 0.25) is 0 Å². The molecule has 148 valence electrons. The summed E-state index contributed by atoms with van der Waals surface area (Å²) in [6.45, 7) is 2.95. The fourth-order valence-corrected chi connectivity index (χ4v) is 3.23. The van der Waals surface area contributed by atoms with Crippen LogP contribution >= 0.6 is 0 Å². The Kier molecular flexibility index (Phi) is 6.08. The van der Waals surface area contributed by atoms with E-state index in [1.54, 1.807) is 36.1 Å². The molecule has 3 rings (SSSR count). The van der Waals surface area contributed by atoms with Gasteiger partial charge in [0.05, 0.1) is 31.4 Å². The molecule has 8 nitrogen and oxygen atoms in total. The third-order valence-electron chi connectivity index (χ3n) is 4.72. The minimum Gasteiger partial charge on any atom is -0.494 e. The molecule has 8 heteroatoms. The maximum atomic E-state index is 13.0. The normalized spacial score (nSPS) is 14.6. The van der Waals surface area contributed by atoms with Crippen LogP contribution in [0.3, 0.4) is 0 Å². The Morgan fingerprint density at radius 2 is 1.86 bits per heavy atom. The van der Waals surface area contributed by atoms with Gasteiger partial charge in [-0.15, -0.1) is 0 Å². The second-order valence-electron chi connectivity index (χ2n) is 6.47. The summed E-state index contributed by atoms with van der Waals surface area (Å²) in [5.74, 6) is -0.612. The summed E-state index contributed by atoms with van der Waals surface area (Å²) in [6, 6.07) is 10.1. The average molecular weight is 385 g/mol. The zero-order valence-electron chi connectivity index (χ0n) is 16.0. The second kappa shape index (κ2) is 8.69. The number of para-hydroxylation sites is 1. The molecule has 1 aliphatic rings. The molecule has 2 heterocycles. The lowest BCUT2D eigenvalue weighted by atomic mass is 9.97. The number of methoxy groups -OCH3 is 1. The van der Waals surface area contributed by atoms with E-state index < -0.39 is 0 Å². The van der Waals surface area contributed by atoms with Crippen molar-refractivity contribution >= 4 is 11.9 Å². The molecule has 1 amide bonds. The van der Waals surface area contributed by atoms with Gasteiger partial charge in [0.1, 0.15) is 0 Å². The van der Waals surface area contributed by atoms with Crippen molar-refractivity contribution in [3.63, 3.8) is 0 Å². The molecule has 0 unspecified atom stereocenters. The summed E-state index contributed by atoms with van der Waals surface area (Å²) < 4.78 is 11.5. The van der Waals surface area contributed by atoms with Gasteiger partial charge in [-0.1, -0.05) is 18.2 Å². The van der Waals surface area contributed by atoms with Gasteiger partial charge < -0.3 is 14.4 Å². The monoisotopic (exact) mass is 385 g/mol. The van der Waals surface area contributed by atoms with E-state index in [1.807, 2.05) is 6.07 Å². The van der Waals surface area contributed by atoms with E-state index in [0.717, 1.165) is 0 Å². The minimum absolute atomic E-state index is 0.0699. The van der Waals surface area contributed by atoms with Crippen LogP contribution < -0.4 is 10.3 Å². The van der Waals surface area contributed by atoms with Crippen LogP contribution in [-0.4, -0.2) is 53.4 Å². The first-order chi connectivity index (χ1) is 13.5. The molecule has 0 atom stereocenters. The smallest absolute Gasteiger partial charge is 0.309 e. The highest BCUT2D eigenvalue weighted by molar-refractivity contribution is 5.95. The summed E-state index contributed by atoms with van der Waals surface area (Å²) in [5.41, 5.74) is 0.242. The summed E-state index contributed by atoms with van der Waals surface area (Å²) >= 11 is 0. The van der Waals surface area contributed by atoms with Crippen LogP contribution in [0.25, 0.3) is 5.69 Å². The van der Waals surface area contributed by atoms with Gasteiger partial charge in [-0.05, 0) is 31.9 Å². The van der Waals surface area contributed by atoms with Crippen molar-refractivity contribution in [3.05, 3.63) is 52.4 Å². The Morgan fingerprint density at radius 1 is 1.18 bits per heavy atom. The van der Waals surface area contributed by atoms with E-state index in [-0.39, 0.29) is 34.8 Å². The van der Waals surface area contributed by atoms with Gasteiger partial charge in [0.25, 0.3) is 11.5 Å². The average Bonchev–Trinajstić information content (AvgIpc) is 2.74. The minimum atomic E-state index is -0.388. The Labute approximate surface area is 162 Å². The summed E-state index contributed by atoms with van der Waals surface area (Å²) in [4.78, 5) is 38.9. The molecule has 1 saturated heterocycles. The first-order valence-electron chi connectivity index (χ1n) is 9.24. The molecule has 28 heavy (non-hydrogen) atoms. The maximum absolute atomic E-state index is 13.0. The van der Waals surface area contributed by atoms with E-state index >= 15 is 0 Å². The first kappa shape index (κ1) is 19.6. The molecule has 0 N–H and O–H groups in total. The van der Waals surface area contributed by atoms with Gasteiger partial charge in [0.15, 0.2) is 11.4 Å². The van der Waals surface area contributed by atoms with Crippen molar-refractivity contribution in [1.29, 1.82) is 0 Å². The summed E-state index contributed by atoms with van der Waals surface area (Å²) in [5, 5.41) is 4.27. The zero-order valence-corrected chi connectivity index (χ0v) is 16.0. The van der Waals surface area contributed by atoms with Crippen LogP contribution in [0.1, 0.15) is 30.3 Å². The number of esters is 1. The van der Waals surface area contributed by atoms with Gasteiger partial charge in [0, 0.05) is 13.1 Å². The van der Waals surface area contributed by atoms with E-state index in [1.165, 1.54) is 17.9 Å². The molecule has 0 spiro atoms. The van der Waals surface area contributed by atoms with Crippen LogP contribution in [0.15, 0.2) is 41.2 Å². The van der Waals surface area contributed by atoms with E-state index in [4.69, 9.17) is 9.47 Å². The number of likely N-dealkylation sites (tertiary alicyclic amines) is 1. The third-order valence-corrected chi connectivity index (χ3v) is 4.72. The number of ether oxygens (including phenoxy) is 2. The zero-order chi connectivity index (χ0) is 20.1. The van der Waals surface area contributed by atoms with E-state index in [0.29, 0.717) is 38.2 Å². The van der Waals surface area contributed by atoms with Crippen molar-refractivity contribution in [1.82, 2.24) is 14.7 Å². The quantitative estimate of drug-likeness (QED) is 0.727. The van der Waals surface area contributed by atoms with Gasteiger partial charge in [-0.25, -0.2) is 0 Å². The highest BCUT2D eigenvalue weighted by Gasteiger charge is 2.31. The number of benzene rings is 1. The van der Waals surface area contributed by atoms with Crippen LogP contribution in [-0.2, 0) is 9.53 Å². The number of carbonyl (C=O) groups excluding carboxylic acids is 2. The molecule has 1 fully saturated rings. The van der Waals surface area contributed by atoms with Gasteiger partial charge in [-0.3, -0.25) is 14.4 Å². The number of hydrogen-bond donors (Lipinski definition) is 0. The molecule has 1 aliphatic heterocycles. The molecule has 1 aromatic heterocycles. The van der Waals surface area contributed by atoms with Crippen LogP contribution in [0, 0.1) is 5.92 Å². The molecule has 0 saturated carbocycles. The number of carbonyl (C=O) groups is 2. The third kappa shape index (κ3) is 4.05. The maximum Gasteiger partial charge on any atom is 0.309 e. The Bertz CT molecular complexity index is 902. The Balaban J connectivity index is 1.84. The van der Waals surface area contributed by atoms with Crippen LogP contribution in [0.5, 0.6) is 5.75 Å². The molecular formula is C20H23N3O5. The molecule has 0 radical (unpaired) electrons. The SMILES string of the molecule is CCOC(=O)C1CCN(C(=O)c2nn(-c3ccccc3)c(=O)cc2OC)CC1. The largest absolute Gasteiger partial charge is 0.494 e. The summed E-state index contributed by atoms with van der Waals surface area (Å²) in [7, 11) is 1.40. The van der Waals surface area contributed by atoms with Crippen LogP contribution in [0.2, 0.25) is 0 Å². The molecule has 0 aliphatic carbocycles. The summed E-state index contributed by atoms with van der Waals surface area (Å²) in [6.07, 6.45) is 1.07. The van der Waals surface area contributed by atoms with E-state index in [9.17, 15) is 14.4 Å². The van der Waals surface area contributed by atoms with Crippen LogP contribution in [0.4, 0.5) is 0 Å². The Hall–Kier alpha value is -3.16. The number of amides is 1. The topological polar surface area (TPSA) is 90.7 Å². The molecule has 2 aromatic rings. The lowest BCUT2D eigenvalue weighted by molar-refractivity contribution is -0.149. The number of rotatable bonds is 5. The van der Waals surface area contributed by atoms with E-state index in [2.05, 4.69) is 5.10 Å². The fourth-order valence-electron chi connectivity index (χ4n) is 3.23. The number of hydrogen-bond acceptors (Lipinski definition) is 6. The van der Waals surface area contributed by atoms with Crippen molar-refractivity contribution in [2.45, 2.75) is 19.8 Å². The van der Waals surface area contributed by atoms with Gasteiger partial charge in [-0.2, -0.15) is 9.78 Å². The highest BCUT2D eigenvalue weighted by atomic mass is 16.5. The molecule has 1 aromatic carbocycles. The first-order valence-corrected chi connectivity index (χ1v) is 9.24. The van der Waals surface area contributed by atoms with Crippen molar-refractivity contribution in [2.24, 2.45) is 5.92 Å². The van der Waals surface area contributed by atoms with Crippen molar-refractivity contribution in [2.75, 3.05) is 26.8 Å². The predicted molar refractivity (Wildman–Crippen MR) is 102 cm³/mol. The second-order valence-corrected chi connectivity index (χ2v) is 6.47. The molecular weight excluding hydrogens is 362 g/mol. The Morgan fingerprint density at radius 3 is 2.46 bits per heavy atom. The van der Waals surface area contributed by atoms with Gasteiger partial charge >= 0.3 is 5.97 Å². The number of piperidine rings is 1. The number of nitrogens with zero attached hydrogens (tertiary/aromatic N) is 3. The lowest BCUT2D eigenvalue weighted by Crippen LogP contribution is -2.41. The lowest BCUT2D eigenvalue weighted by Gasteiger charge is -2.30.